The highest BCUT2D eigenvalue weighted by atomic mass is 16.3. The number of aromatic nitrogens is 2. The van der Waals surface area contributed by atoms with E-state index in [1.165, 1.54) is 0 Å². The van der Waals surface area contributed by atoms with Crippen molar-refractivity contribution >= 4 is 11.8 Å². The minimum Gasteiger partial charge on any atom is -0.384 e. The Morgan fingerprint density at radius 3 is 1.79 bits per heavy atom. The van der Waals surface area contributed by atoms with Gasteiger partial charge in [-0.25, -0.2) is 4.98 Å². The van der Waals surface area contributed by atoms with Crippen molar-refractivity contribution in [1.82, 2.24) is 9.97 Å². The largest absolute Gasteiger partial charge is 0.384 e. The Morgan fingerprint density at radius 1 is 0.793 bits per heavy atom. The first kappa shape index (κ1) is 20.8. The van der Waals surface area contributed by atoms with Crippen molar-refractivity contribution in [2.45, 2.75) is 32.0 Å². The molecule has 1 heterocycles. The summed E-state index contributed by atoms with van der Waals surface area (Å²) in [5, 5.41) is 27.9. The van der Waals surface area contributed by atoms with Gasteiger partial charge in [0.2, 0.25) is 5.95 Å². The molecule has 2 atom stereocenters. The molecule has 6 nitrogen and oxygen atoms in total. The lowest BCUT2D eigenvalue weighted by Gasteiger charge is -2.26. The Morgan fingerprint density at radius 2 is 1.28 bits per heavy atom. The maximum absolute atomic E-state index is 10.8. The van der Waals surface area contributed by atoms with Crippen LogP contribution >= 0.6 is 0 Å². The Balaban J connectivity index is 1.67. The van der Waals surface area contributed by atoms with E-state index in [0.29, 0.717) is 18.3 Å². The van der Waals surface area contributed by atoms with E-state index in [-0.39, 0.29) is 6.54 Å². The zero-order chi connectivity index (χ0) is 20.9. The van der Waals surface area contributed by atoms with E-state index in [1.54, 1.807) is 20.0 Å². The predicted octanol–water partition coefficient (Wildman–Crippen LogP) is 3.42. The molecule has 6 heteroatoms. The van der Waals surface area contributed by atoms with Gasteiger partial charge in [-0.2, -0.15) is 4.98 Å². The van der Waals surface area contributed by atoms with Crippen LogP contribution in [0, 0.1) is 6.92 Å². The van der Waals surface area contributed by atoms with Crippen molar-refractivity contribution in [3.05, 3.63) is 83.6 Å². The average Bonchev–Trinajstić information content (AvgIpc) is 2.73. The zero-order valence-corrected chi connectivity index (χ0v) is 17.1. The molecule has 152 valence electrons. The van der Waals surface area contributed by atoms with Gasteiger partial charge in [-0.1, -0.05) is 60.7 Å². The molecule has 0 aliphatic heterocycles. The molecule has 0 saturated heterocycles. The smallest absolute Gasteiger partial charge is 0.224 e. The number of hydrogen-bond donors (Lipinski definition) is 4. The van der Waals surface area contributed by atoms with Crippen molar-refractivity contribution in [2.24, 2.45) is 0 Å². The van der Waals surface area contributed by atoms with Crippen LogP contribution < -0.4 is 10.6 Å². The van der Waals surface area contributed by atoms with Gasteiger partial charge < -0.3 is 20.8 Å². The van der Waals surface area contributed by atoms with Gasteiger partial charge in [0.1, 0.15) is 17.0 Å². The molecule has 4 N–H and O–H groups in total. The Bertz CT molecular complexity index is 928. The summed E-state index contributed by atoms with van der Waals surface area (Å²) in [4.78, 5) is 8.81. The molecular weight excluding hydrogens is 364 g/mol. The van der Waals surface area contributed by atoms with Crippen LogP contribution in [-0.4, -0.2) is 33.3 Å². The summed E-state index contributed by atoms with van der Waals surface area (Å²) >= 11 is 0. The summed E-state index contributed by atoms with van der Waals surface area (Å²) in [5.74, 6) is 1.05. The first-order chi connectivity index (χ1) is 13.8. The van der Waals surface area contributed by atoms with E-state index in [9.17, 15) is 10.2 Å². The second kappa shape index (κ2) is 8.59. The molecule has 0 amide bonds. The number of aliphatic hydroxyl groups is 2. The molecule has 0 spiro atoms. The van der Waals surface area contributed by atoms with Gasteiger partial charge >= 0.3 is 0 Å². The van der Waals surface area contributed by atoms with E-state index in [1.807, 2.05) is 67.6 Å². The van der Waals surface area contributed by atoms with Crippen molar-refractivity contribution in [1.29, 1.82) is 0 Å². The number of hydrogen-bond acceptors (Lipinski definition) is 6. The van der Waals surface area contributed by atoms with Gasteiger partial charge in [-0.05, 0) is 31.9 Å². The number of benzene rings is 2. The fourth-order valence-electron chi connectivity index (χ4n) is 3.01. The summed E-state index contributed by atoms with van der Waals surface area (Å²) in [7, 11) is 0. The quantitative estimate of drug-likeness (QED) is 0.470. The molecule has 0 saturated carbocycles. The van der Waals surface area contributed by atoms with Gasteiger partial charge in [0.05, 0.1) is 6.54 Å². The Hall–Kier alpha value is -2.96. The fraction of sp³-hybridized carbons (Fsp3) is 0.304. The van der Waals surface area contributed by atoms with Gasteiger partial charge in [0.25, 0.3) is 0 Å². The first-order valence-corrected chi connectivity index (χ1v) is 9.65. The Kier molecular flexibility index (Phi) is 6.15. The van der Waals surface area contributed by atoms with Crippen LogP contribution in [0.25, 0.3) is 0 Å². The summed E-state index contributed by atoms with van der Waals surface area (Å²) in [6.07, 6.45) is 1.71. The van der Waals surface area contributed by atoms with E-state index in [0.717, 1.165) is 16.7 Å². The van der Waals surface area contributed by atoms with Crippen LogP contribution in [0.2, 0.25) is 0 Å². The van der Waals surface area contributed by atoms with Crippen molar-refractivity contribution in [3.8, 4) is 0 Å². The van der Waals surface area contributed by atoms with E-state index in [4.69, 9.17) is 0 Å². The molecule has 2 unspecified atom stereocenters. The lowest BCUT2D eigenvalue weighted by atomic mass is 9.96. The number of nitrogens with one attached hydrogen (secondary N) is 2. The second-order valence-corrected chi connectivity index (χ2v) is 7.71. The van der Waals surface area contributed by atoms with Crippen LogP contribution in [0.1, 0.15) is 30.5 Å². The van der Waals surface area contributed by atoms with Gasteiger partial charge in [0.15, 0.2) is 0 Å². The van der Waals surface area contributed by atoms with Crippen LogP contribution in [0.5, 0.6) is 0 Å². The Labute approximate surface area is 171 Å². The maximum atomic E-state index is 10.8. The molecular formula is C23H28N4O2. The highest BCUT2D eigenvalue weighted by Gasteiger charge is 2.24. The second-order valence-electron chi connectivity index (χ2n) is 7.71. The highest BCUT2D eigenvalue weighted by molar-refractivity contribution is 5.47. The number of anilines is 2. The van der Waals surface area contributed by atoms with Crippen molar-refractivity contribution in [3.63, 3.8) is 0 Å². The molecule has 0 bridgehead atoms. The zero-order valence-electron chi connectivity index (χ0n) is 17.1. The SMILES string of the molecule is Cc1cnc(NCC(C)(O)c2ccccc2)nc1NCC(C)(O)c1ccccc1. The molecule has 3 rings (SSSR count). The molecule has 0 aliphatic carbocycles. The number of aryl methyl sites for hydroxylation is 1. The molecule has 29 heavy (non-hydrogen) atoms. The van der Waals surface area contributed by atoms with E-state index >= 15 is 0 Å². The lowest BCUT2D eigenvalue weighted by molar-refractivity contribution is 0.0712. The molecule has 0 aliphatic rings. The summed E-state index contributed by atoms with van der Waals surface area (Å²) in [5.41, 5.74) is 0.422. The summed E-state index contributed by atoms with van der Waals surface area (Å²) in [6, 6.07) is 19.0. The summed E-state index contributed by atoms with van der Waals surface area (Å²) < 4.78 is 0. The third-order valence-corrected chi connectivity index (χ3v) is 4.95. The average molecular weight is 393 g/mol. The number of nitrogens with zero attached hydrogens (tertiary/aromatic N) is 2. The molecule has 0 radical (unpaired) electrons. The van der Waals surface area contributed by atoms with Gasteiger partial charge in [-0.15, -0.1) is 0 Å². The lowest BCUT2D eigenvalue weighted by Crippen LogP contribution is -2.32. The normalized spacial score (nSPS) is 15.2. The molecule has 1 aromatic heterocycles. The molecule has 0 fully saturated rings. The van der Waals surface area contributed by atoms with Crippen LogP contribution in [0.4, 0.5) is 11.8 Å². The van der Waals surface area contributed by atoms with Crippen molar-refractivity contribution < 1.29 is 10.2 Å². The summed E-state index contributed by atoms with van der Waals surface area (Å²) in [6.45, 7) is 5.99. The van der Waals surface area contributed by atoms with E-state index in [2.05, 4.69) is 20.6 Å². The maximum Gasteiger partial charge on any atom is 0.224 e. The first-order valence-electron chi connectivity index (χ1n) is 9.65. The minimum atomic E-state index is -1.06. The topological polar surface area (TPSA) is 90.3 Å². The van der Waals surface area contributed by atoms with Crippen LogP contribution in [0.3, 0.4) is 0 Å². The van der Waals surface area contributed by atoms with Gasteiger partial charge in [0, 0.05) is 18.3 Å². The molecule has 2 aromatic carbocycles. The standard InChI is InChI=1S/C23H28N4O2/c1-17-14-24-21(26-16-23(3,29)19-12-8-5-9-13-19)27-20(17)25-15-22(2,28)18-10-6-4-7-11-18/h4-14,28-29H,15-16H2,1-3H3,(H2,24,25,26,27). The van der Waals surface area contributed by atoms with E-state index < -0.39 is 11.2 Å². The fourth-order valence-corrected chi connectivity index (χ4v) is 3.01. The molecule has 3 aromatic rings. The van der Waals surface area contributed by atoms with Crippen LogP contribution in [-0.2, 0) is 11.2 Å². The minimum absolute atomic E-state index is 0.265. The highest BCUT2D eigenvalue weighted by Crippen LogP contribution is 2.23. The predicted molar refractivity (Wildman–Crippen MR) is 116 cm³/mol. The third-order valence-electron chi connectivity index (χ3n) is 4.95. The monoisotopic (exact) mass is 392 g/mol. The van der Waals surface area contributed by atoms with Gasteiger partial charge in [-0.3, -0.25) is 0 Å². The number of rotatable bonds is 8. The third kappa shape index (κ3) is 5.31. The van der Waals surface area contributed by atoms with Crippen LogP contribution in [0.15, 0.2) is 66.9 Å². The van der Waals surface area contributed by atoms with Crippen molar-refractivity contribution in [2.75, 3.05) is 23.7 Å².